The molecule has 0 aliphatic rings. The van der Waals surface area contributed by atoms with E-state index in [0.717, 1.165) is 5.69 Å². The smallest absolute Gasteiger partial charge is 0.0428 e. The number of benzene rings is 2. The largest absolute Gasteiger partial charge is 0.344 e. The summed E-state index contributed by atoms with van der Waals surface area (Å²) in [6, 6.07) is 27.0. The Kier molecular flexibility index (Phi) is 24.5. The Hall–Kier alpha value is -2.26. The molecule has 3 aromatic rings. The van der Waals surface area contributed by atoms with Crippen molar-refractivity contribution in [3.63, 3.8) is 0 Å². The maximum Gasteiger partial charge on any atom is 0.0428 e. The van der Waals surface area contributed by atoms with Gasteiger partial charge in [0, 0.05) is 37.1 Å². The van der Waals surface area contributed by atoms with Crippen molar-refractivity contribution in [1.82, 2.24) is 11.1 Å². The van der Waals surface area contributed by atoms with Gasteiger partial charge in [-0.1, -0.05) is 108 Å². The lowest BCUT2D eigenvalue weighted by Gasteiger charge is -2.01. The molecule has 0 fully saturated rings. The molecular weight excluding hydrogens is 373 g/mol. The molecule has 161 valence electrons. The molecule has 9 radical (unpaired) electrons. The summed E-state index contributed by atoms with van der Waals surface area (Å²) in [4.78, 5) is 4.18. The molecule has 0 saturated heterocycles. The third kappa shape index (κ3) is 16.1. The van der Waals surface area contributed by atoms with Gasteiger partial charge in [-0.2, -0.15) is 0 Å². The standard InChI is InChI=1S/2C9H12.C8H11N.3B.H3N/c2*1-8(2)9-6-4-3-5-7-9;1-7(2)8-5-3-4-6-9-8;;;;/h2*3-8H,1-2H3;3-7H,1-2H3;;;;1H3. The van der Waals surface area contributed by atoms with Gasteiger partial charge in [-0.3, -0.25) is 4.98 Å². The monoisotopic (exact) mass is 411 g/mol. The highest BCUT2D eigenvalue weighted by atomic mass is 14.7. The van der Waals surface area contributed by atoms with Gasteiger partial charge in [-0.05, 0) is 41.0 Å². The van der Waals surface area contributed by atoms with Crippen molar-refractivity contribution >= 4 is 25.2 Å². The minimum atomic E-state index is 0. The van der Waals surface area contributed by atoms with E-state index in [4.69, 9.17) is 0 Å². The Morgan fingerprint density at radius 3 is 1.03 bits per heavy atom. The summed E-state index contributed by atoms with van der Waals surface area (Å²) in [5.74, 6) is 1.86. The Morgan fingerprint density at radius 1 is 0.484 bits per heavy atom. The van der Waals surface area contributed by atoms with Gasteiger partial charge in [0.05, 0.1) is 0 Å². The summed E-state index contributed by atoms with van der Waals surface area (Å²) in [6.45, 7) is 13.1. The highest BCUT2D eigenvalue weighted by Gasteiger charge is 1.95. The predicted molar refractivity (Wildman–Crippen MR) is 142 cm³/mol. The fourth-order valence-electron chi connectivity index (χ4n) is 2.39. The second kappa shape index (κ2) is 21.0. The lowest BCUT2D eigenvalue weighted by molar-refractivity contribution is 0.823. The van der Waals surface area contributed by atoms with Gasteiger partial charge in [0.25, 0.3) is 0 Å². The molecule has 5 heteroatoms. The summed E-state index contributed by atoms with van der Waals surface area (Å²) < 4.78 is 0. The van der Waals surface area contributed by atoms with Gasteiger partial charge in [0.15, 0.2) is 0 Å². The fraction of sp³-hybridized carbons (Fsp3) is 0.346. The van der Waals surface area contributed by atoms with Crippen LogP contribution in [-0.2, 0) is 0 Å². The van der Waals surface area contributed by atoms with Crippen molar-refractivity contribution in [2.24, 2.45) is 0 Å². The fourth-order valence-corrected chi connectivity index (χ4v) is 2.39. The molecule has 2 nitrogen and oxygen atoms in total. The molecule has 0 unspecified atom stereocenters. The number of rotatable bonds is 3. The first-order chi connectivity index (χ1) is 12.9. The molecule has 0 amide bonds. The normalized spacial score (nSPS) is 8.81. The van der Waals surface area contributed by atoms with E-state index in [9.17, 15) is 0 Å². The number of hydrogen-bond acceptors (Lipinski definition) is 2. The third-order valence-corrected chi connectivity index (χ3v) is 4.21. The lowest BCUT2D eigenvalue weighted by atomic mass is 10.0. The average molecular weight is 411 g/mol. The van der Waals surface area contributed by atoms with Crippen molar-refractivity contribution in [2.45, 2.75) is 59.3 Å². The molecule has 3 rings (SSSR count). The SMILES string of the molecule is CC(C)c1ccccc1.CC(C)c1ccccc1.CC(C)c1ccccn1.N.[B].[B].[B]. The zero-order valence-electron chi connectivity index (χ0n) is 20.2. The van der Waals surface area contributed by atoms with Gasteiger partial charge in [0.1, 0.15) is 0 Å². The highest BCUT2D eigenvalue weighted by Crippen LogP contribution is 2.12. The van der Waals surface area contributed by atoms with E-state index in [1.807, 2.05) is 36.5 Å². The first kappa shape index (κ1) is 36.1. The van der Waals surface area contributed by atoms with Crippen molar-refractivity contribution in [1.29, 1.82) is 0 Å². The lowest BCUT2D eigenvalue weighted by Crippen LogP contribution is -1.88. The minimum Gasteiger partial charge on any atom is -0.344 e. The number of hydrogen-bond donors (Lipinski definition) is 1. The second-order valence-corrected chi connectivity index (χ2v) is 7.54. The molecule has 31 heavy (non-hydrogen) atoms. The summed E-state index contributed by atoms with van der Waals surface area (Å²) in [5.41, 5.74) is 3.99. The second-order valence-electron chi connectivity index (χ2n) is 7.54. The van der Waals surface area contributed by atoms with Crippen molar-refractivity contribution in [3.8, 4) is 0 Å². The Balaban J connectivity index is -0.000000166. The van der Waals surface area contributed by atoms with Crippen LogP contribution in [-0.4, -0.2) is 30.2 Å². The maximum absolute atomic E-state index is 4.18. The van der Waals surface area contributed by atoms with E-state index in [1.54, 1.807) is 0 Å². The zero-order chi connectivity index (χ0) is 20.1. The zero-order valence-corrected chi connectivity index (χ0v) is 20.2. The van der Waals surface area contributed by atoms with Gasteiger partial charge in [0.2, 0.25) is 0 Å². The molecule has 0 saturated carbocycles. The summed E-state index contributed by atoms with van der Waals surface area (Å²) in [6.07, 6.45) is 1.83. The Bertz CT molecular complexity index is 616. The maximum atomic E-state index is 4.18. The first-order valence-corrected chi connectivity index (χ1v) is 9.92. The van der Waals surface area contributed by atoms with Gasteiger partial charge >= 0.3 is 0 Å². The van der Waals surface area contributed by atoms with Crippen LogP contribution in [0.2, 0.25) is 0 Å². The first-order valence-electron chi connectivity index (χ1n) is 9.92. The minimum absolute atomic E-state index is 0. The summed E-state index contributed by atoms with van der Waals surface area (Å²) >= 11 is 0. The molecule has 1 heterocycles. The average Bonchev–Trinajstić information content (AvgIpc) is 2.71. The predicted octanol–water partition coefficient (Wildman–Crippen LogP) is 6.84. The molecular formula is C26H38B3N2. The molecule has 3 N–H and O–H groups in total. The van der Waals surface area contributed by atoms with Crippen LogP contribution in [0.1, 0.15) is 76.1 Å². The van der Waals surface area contributed by atoms with Gasteiger partial charge in [-0.25, -0.2) is 0 Å². The third-order valence-electron chi connectivity index (χ3n) is 4.21. The molecule has 0 aliphatic carbocycles. The van der Waals surface area contributed by atoms with Crippen molar-refractivity contribution in [3.05, 3.63) is 102 Å². The van der Waals surface area contributed by atoms with Crippen LogP contribution in [0.3, 0.4) is 0 Å². The van der Waals surface area contributed by atoms with E-state index >= 15 is 0 Å². The topological polar surface area (TPSA) is 47.9 Å². The highest BCUT2D eigenvalue weighted by molar-refractivity contribution is 5.76. The van der Waals surface area contributed by atoms with Crippen LogP contribution < -0.4 is 6.15 Å². The molecule has 1 aromatic heterocycles. The Labute approximate surface area is 197 Å². The van der Waals surface area contributed by atoms with Gasteiger partial charge < -0.3 is 6.15 Å². The summed E-state index contributed by atoms with van der Waals surface area (Å²) in [7, 11) is 0. The molecule has 0 spiro atoms. The van der Waals surface area contributed by atoms with Crippen molar-refractivity contribution < 1.29 is 0 Å². The van der Waals surface area contributed by atoms with E-state index in [2.05, 4.69) is 95.1 Å². The van der Waals surface area contributed by atoms with Gasteiger partial charge in [-0.15, -0.1) is 0 Å². The van der Waals surface area contributed by atoms with E-state index in [1.165, 1.54) is 11.1 Å². The molecule has 0 aliphatic heterocycles. The molecule has 2 aromatic carbocycles. The van der Waals surface area contributed by atoms with Crippen LogP contribution in [0.5, 0.6) is 0 Å². The van der Waals surface area contributed by atoms with Crippen LogP contribution in [0.25, 0.3) is 0 Å². The van der Waals surface area contributed by atoms with Crippen molar-refractivity contribution in [2.75, 3.05) is 0 Å². The number of pyridine rings is 1. The number of aromatic nitrogens is 1. The van der Waals surface area contributed by atoms with Crippen LogP contribution in [0, 0.1) is 0 Å². The van der Waals surface area contributed by atoms with Crippen LogP contribution in [0.15, 0.2) is 85.1 Å². The van der Waals surface area contributed by atoms with E-state index in [-0.39, 0.29) is 31.4 Å². The molecule has 0 atom stereocenters. The molecule has 0 bridgehead atoms. The van der Waals surface area contributed by atoms with Crippen LogP contribution >= 0.6 is 0 Å². The summed E-state index contributed by atoms with van der Waals surface area (Å²) in [5, 5.41) is 0. The van der Waals surface area contributed by atoms with E-state index < -0.39 is 0 Å². The Morgan fingerprint density at radius 2 is 0.839 bits per heavy atom. The quantitative estimate of drug-likeness (QED) is 0.480. The van der Waals surface area contributed by atoms with Crippen LogP contribution in [0.4, 0.5) is 0 Å². The number of nitrogens with zero attached hydrogens (tertiary/aromatic N) is 1. The van der Waals surface area contributed by atoms with E-state index in [0.29, 0.717) is 17.8 Å².